The van der Waals surface area contributed by atoms with Crippen LogP contribution >= 0.6 is 11.6 Å². The molecule has 2 rings (SSSR count). The van der Waals surface area contributed by atoms with Gasteiger partial charge < -0.3 is 19.5 Å². The van der Waals surface area contributed by atoms with E-state index in [9.17, 15) is 27.2 Å². The van der Waals surface area contributed by atoms with E-state index in [0.717, 1.165) is 24.3 Å². The van der Waals surface area contributed by atoms with Crippen LogP contribution in [0.15, 0.2) is 42.5 Å². The molecule has 2 N–H and O–H groups in total. The molecule has 2 amide bonds. The van der Waals surface area contributed by atoms with Gasteiger partial charge in [0.05, 0.1) is 19.9 Å². The van der Waals surface area contributed by atoms with Gasteiger partial charge in [0.2, 0.25) is 0 Å². The monoisotopic (exact) mass is 450 g/mol. The molecule has 0 saturated carbocycles. The van der Waals surface area contributed by atoms with Crippen LogP contribution in [0.2, 0.25) is 5.02 Å². The number of rotatable bonds is 6. The van der Waals surface area contributed by atoms with E-state index in [1.807, 2.05) is 0 Å². The zero-order valence-electron chi connectivity index (χ0n) is 15.5. The number of hydrogen-bond acceptors (Lipinski definition) is 5. The summed E-state index contributed by atoms with van der Waals surface area (Å²) in [5.41, 5.74) is -4.01. The van der Waals surface area contributed by atoms with E-state index in [4.69, 9.17) is 21.1 Å². The average molecular weight is 451 g/mol. The second-order valence-corrected chi connectivity index (χ2v) is 6.09. The van der Waals surface area contributed by atoms with Gasteiger partial charge in [-0.15, -0.1) is 0 Å². The van der Waals surface area contributed by atoms with Gasteiger partial charge in [-0.25, -0.2) is 14.0 Å². The van der Waals surface area contributed by atoms with Gasteiger partial charge in [0, 0.05) is 5.02 Å². The van der Waals surface area contributed by atoms with Gasteiger partial charge in [-0.05, 0) is 42.5 Å². The Bertz CT molecular complexity index is 924. The molecule has 2 aromatic carbocycles. The number of urea groups is 1. The highest BCUT2D eigenvalue weighted by Gasteiger charge is 2.66. The minimum atomic E-state index is -5.47. The predicted molar refractivity (Wildman–Crippen MR) is 98.0 cm³/mol. The van der Waals surface area contributed by atoms with E-state index in [2.05, 4.69) is 10.1 Å². The highest BCUT2D eigenvalue weighted by molar-refractivity contribution is 6.31. The van der Waals surface area contributed by atoms with Crippen molar-refractivity contribution >= 4 is 29.3 Å². The zero-order valence-corrected chi connectivity index (χ0v) is 16.2. The maximum absolute atomic E-state index is 13.9. The van der Waals surface area contributed by atoms with E-state index in [0.29, 0.717) is 7.11 Å². The van der Waals surface area contributed by atoms with Crippen LogP contribution in [-0.4, -0.2) is 38.1 Å². The number of amides is 2. The summed E-state index contributed by atoms with van der Waals surface area (Å²) in [7, 11) is 1.94. The molecule has 0 aliphatic rings. The Balaban J connectivity index is 2.41. The molecule has 7 nitrogen and oxygen atoms in total. The average Bonchev–Trinajstić information content (AvgIpc) is 2.67. The summed E-state index contributed by atoms with van der Waals surface area (Å²) in [5.74, 6) is -3.19. The molecule has 2 aromatic rings. The van der Waals surface area contributed by atoms with Crippen LogP contribution in [0, 0.1) is 5.82 Å². The molecule has 0 aliphatic heterocycles. The maximum atomic E-state index is 13.9. The quantitative estimate of drug-likeness (QED) is 0.393. The van der Waals surface area contributed by atoms with Crippen molar-refractivity contribution in [2.24, 2.45) is 0 Å². The van der Waals surface area contributed by atoms with Crippen LogP contribution in [0.5, 0.6) is 11.5 Å². The number of anilines is 1. The molecule has 0 fully saturated rings. The fourth-order valence-corrected chi connectivity index (χ4v) is 2.45. The molecule has 0 aromatic heterocycles. The molecule has 0 bridgehead atoms. The topological polar surface area (TPSA) is 85.9 Å². The maximum Gasteiger partial charge on any atom is 0.460 e. The number of esters is 1. The van der Waals surface area contributed by atoms with Crippen molar-refractivity contribution in [1.29, 1.82) is 0 Å². The van der Waals surface area contributed by atoms with Crippen molar-refractivity contribution in [3.63, 3.8) is 0 Å². The molecular formula is C18H15ClF4N2O5. The molecular weight excluding hydrogens is 436 g/mol. The third kappa shape index (κ3) is 5.03. The largest absolute Gasteiger partial charge is 0.495 e. The summed E-state index contributed by atoms with van der Waals surface area (Å²) < 4.78 is 68.7. The van der Waals surface area contributed by atoms with Crippen LogP contribution in [0.4, 0.5) is 28.0 Å². The number of halogens is 5. The van der Waals surface area contributed by atoms with Gasteiger partial charge in [0.25, 0.3) is 0 Å². The summed E-state index contributed by atoms with van der Waals surface area (Å²) in [5, 5.41) is 3.69. The second kappa shape index (κ2) is 9.08. The first kappa shape index (κ1) is 23.1. The SMILES string of the molecule is COC(=O)C(NC(=O)Nc1cc(Cl)ccc1OC)(Oc1ccc(F)cc1)C(F)(F)F. The van der Waals surface area contributed by atoms with E-state index >= 15 is 0 Å². The van der Waals surface area contributed by atoms with E-state index < -0.39 is 35.5 Å². The van der Waals surface area contributed by atoms with Crippen LogP contribution in [0.25, 0.3) is 0 Å². The first-order valence-corrected chi connectivity index (χ1v) is 8.42. The number of ether oxygens (including phenoxy) is 3. The fraction of sp³-hybridized carbons (Fsp3) is 0.222. The lowest BCUT2D eigenvalue weighted by Crippen LogP contribution is -2.68. The standard InChI is InChI=1S/C18H15ClF4N2O5/c1-28-14-8-3-10(19)9-13(14)24-16(27)25-17(15(26)29-2,18(21,22)23)30-12-6-4-11(20)5-7-12/h3-9H,1-2H3,(H2,24,25,27). The van der Waals surface area contributed by atoms with Crippen molar-refractivity contribution in [3.05, 3.63) is 53.3 Å². The van der Waals surface area contributed by atoms with Crippen molar-refractivity contribution in [3.8, 4) is 11.5 Å². The van der Waals surface area contributed by atoms with Crippen molar-refractivity contribution in [2.45, 2.75) is 11.9 Å². The number of alkyl halides is 3. The Morgan fingerprint density at radius 3 is 2.20 bits per heavy atom. The fourth-order valence-electron chi connectivity index (χ4n) is 2.28. The van der Waals surface area contributed by atoms with Crippen LogP contribution in [0.3, 0.4) is 0 Å². The minimum Gasteiger partial charge on any atom is -0.495 e. The molecule has 1 atom stereocenters. The van der Waals surface area contributed by atoms with Crippen molar-refractivity contribution in [2.75, 3.05) is 19.5 Å². The Morgan fingerprint density at radius 2 is 1.67 bits per heavy atom. The third-order valence-electron chi connectivity index (χ3n) is 3.66. The lowest BCUT2D eigenvalue weighted by atomic mass is 10.2. The Hall–Kier alpha value is -3.21. The Morgan fingerprint density at radius 1 is 1.03 bits per heavy atom. The van der Waals surface area contributed by atoms with Gasteiger partial charge in [0.1, 0.15) is 17.3 Å². The summed E-state index contributed by atoms with van der Waals surface area (Å²) in [6.45, 7) is 0. The molecule has 12 heteroatoms. The van der Waals surface area contributed by atoms with Gasteiger partial charge in [-0.1, -0.05) is 11.6 Å². The molecule has 0 radical (unpaired) electrons. The number of nitrogens with one attached hydrogen (secondary N) is 2. The van der Waals surface area contributed by atoms with Gasteiger partial charge in [0.15, 0.2) is 0 Å². The van der Waals surface area contributed by atoms with Gasteiger partial charge in [-0.3, -0.25) is 5.32 Å². The van der Waals surface area contributed by atoms with Crippen molar-refractivity contribution in [1.82, 2.24) is 5.32 Å². The van der Waals surface area contributed by atoms with Gasteiger partial charge >= 0.3 is 23.9 Å². The summed E-state index contributed by atoms with van der Waals surface area (Å²) in [6.07, 6.45) is -5.47. The number of carbonyl (C=O) groups is 2. The molecule has 1 unspecified atom stereocenters. The van der Waals surface area contributed by atoms with E-state index in [-0.39, 0.29) is 16.5 Å². The number of carbonyl (C=O) groups excluding carboxylic acids is 2. The minimum absolute atomic E-state index is 0.0785. The predicted octanol–water partition coefficient (Wildman–Crippen LogP) is 4.12. The first-order valence-electron chi connectivity index (χ1n) is 8.05. The number of methoxy groups -OCH3 is 2. The molecule has 0 spiro atoms. The lowest BCUT2D eigenvalue weighted by Gasteiger charge is -2.33. The summed E-state index contributed by atoms with van der Waals surface area (Å²) in [4.78, 5) is 24.4. The zero-order chi connectivity index (χ0) is 22.5. The molecule has 30 heavy (non-hydrogen) atoms. The van der Waals surface area contributed by atoms with Gasteiger partial charge in [-0.2, -0.15) is 13.2 Å². The van der Waals surface area contributed by atoms with Crippen LogP contribution in [0.1, 0.15) is 0 Å². The third-order valence-corrected chi connectivity index (χ3v) is 3.89. The molecule has 0 saturated heterocycles. The lowest BCUT2D eigenvalue weighted by molar-refractivity contribution is -0.258. The number of benzene rings is 2. The van der Waals surface area contributed by atoms with E-state index in [1.165, 1.54) is 30.6 Å². The molecule has 162 valence electrons. The first-order chi connectivity index (χ1) is 14.0. The van der Waals surface area contributed by atoms with E-state index in [1.54, 1.807) is 0 Å². The Labute approximate surface area is 172 Å². The number of hydrogen-bond donors (Lipinski definition) is 2. The van der Waals surface area contributed by atoms with Crippen LogP contribution in [-0.2, 0) is 9.53 Å². The highest BCUT2D eigenvalue weighted by Crippen LogP contribution is 2.35. The smallest absolute Gasteiger partial charge is 0.460 e. The highest BCUT2D eigenvalue weighted by atomic mass is 35.5. The normalized spacial score (nSPS) is 13.0. The molecule has 0 heterocycles. The molecule has 0 aliphatic carbocycles. The Kier molecular flexibility index (Phi) is 6.98. The summed E-state index contributed by atoms with van der Waals surface area (Å²) in [6, 6.07) is 5.83. The summed E-state index contributed by atoms with van der Waals surface area (Å²) >= 11 is 5.82. The second-order valence-electron chi connectivity index (χ2n) is 5.65. The van der Waals surface area contributed by atoms with Crippen molar-refractivity contribution < 1.29 is 41.4 Å². The van der Waals surface area contributed by atoms with Crippen LogP contribution < -0.4 is 20.1 Å².